The third-order valence-electron chi connectivity index (χ3n) is 3.04. The van der Waals surface area contributed by atoms with E-state index in [0.717, 1.165) is 12.2 Å². The van der Waals surface area contributed by atoms with E-state index in [1.807, 2.05) is 25.6 Å². The van der Waals surface area contributed by atoms with Gasteiger partial charge in [0.2, 0.25) is 0 Å². The van der Waals surface area contributed by atoms with Crippen LogP contribution in [-0.4, -0.2) is 11.6 Å². The molecule has 0 fully saturated rings. The Hall–Kier alpha value is -0.960. The van der Waals surface area contributed by atoms with Gasteiger partial charge in [-0.05, 0) is 37.7 Å². The number of nitrogens with one attached hydrogen (secondary N) is 1. The van der Waals surface area contributed by atoms with Crippen LogP contribution >= 0.6 is 11.8 Å². The molecule has 0 spiro atoms. The Morgan fingerprint density at radius 3 is 2.53 bits per heavy atom. The van der Waals surface area contributed by atoms with Crippen LogP contribution in [0.3, 0.4) is 0 Å². The lowest BCUT2D eigenvalue weighted by Gasteiger charge is -2.22. The van der Waals surface area contributed by atoms with Crippen LogP contribution in [0.5, 0.6) is 0 Å². The van der Waals surface area contributed by atoms with Gasteiger partial charge in [0.1, 0.15) is 0 Å². The van der Waals surface area contributed by atoms with E-state index < -0.39 is 0 Å². The Morgan fingerprint density at radius 1 is 1.35 bits per heavy atom. The van der Waals surface area contributed by atoms with E-state index >= 15 is 0 Å². The molecule has 0 saturated heterocycles. The first-order valence-corrected chi connectivity index (χ1v) is 6.86. The molecule has 1 rings (SSSR count). The van der Waals surface area contributed by atoms with Gasteiger partial charge in [0, 0.05) is 10.3 Å². The number of thioether (sulfide) groups is 1. The molecule has 0 heterocycles. The Kier molecular flexibility index (Phi) is 4.63. The molecule has 0 aromatic heterocycles. The minimum Gasteiger partial charge on any atom is -0.387 e. The van der Waals surface area contributed by atoms with E-state index in [0.29, 0.717) is 0 Å². The maximum absolute atomic E-state index is 7.52. The average molecular weight is 250 g/mol. The lowest BCUT2D eigenvalue weighted by atomic mass is 9.89. The van der Waals surface area contributed by atoms with Gasteiger partial charge in [0.05, 0.1) is 5.84 Å². The quantitative estimate of drug-likeness (QED) is 0.475. The second kappa shape index (κ2) is 5.58. The van der Waals surface area contributed by atoms with E-state index in [1.165, 1.54) is 16.0 Å². The SMILES string of the molecule is Cc1ccc(SCCC(C)(C)C(=N)N)c(C)c1. The molecular weight excluding hydrogens is 228 g/mol. The average Bonchev–Trinajstić information content (AvgIpc) is 2.21. The molecule has 0 unspecified atom stereocenters. The van der Waals surface area contributed by atoms with Gasteiger partial charge >= 0.3 is 0 Å². The van der Waals surface area contributed by atoms with Crippen LogP contribution in [0.4, 0.5) is 0 Å². The molecule has 0 atom stereocenters. The summed E-state index contributed by atoms with van der Waals surface area (Å²) in [4.78, 5) is 1.33. The molecule has 0 aliphatic carbocycles. The van der Waals surface area contributed by atoms with E-state index in [9.17, 15) is 0 Å². The molecule has 0 aliphatic rings. The predicted molar refractivity (Wildman–Crippen MR) is 77.0 cm³/mol. The Labute approximate surface area is 108 Å². The zero-order valence-electron chi connectivity index (χ0n) is 11.1. The van der Waals surface area contributed by atoms with Crippen molar-refractivity contribution in [3.8, 4) is 0 Å². The van der Waals surface area contributed by atoms with Crippen LogP contribution in [0.25, 0.3) is 0 Å². The summed E-state index contributed by atoms with van der Waals surface area (Å²) in [7, 11) is 0. The summed E-state index contributed by atoms with van der Waals surface area (Å²) in [6.45, 7) is 8.31. The summed E-state index contributed by atoms with van der Waals surface area (Å²) in [6.07, 6.45) is 0.931. The van der Waals surface area contributed by atoms with Crippen molar-refractivity contribution in [3.63, 3.8) is 0 Å². The highest BCUT2D eigenvalue weighted by Crippen LogP contribution is 2.28. The highest BCUT2D eigenvalue weighted by Gasteiger charge is 2.21. The fourth-order valence-corrected chi connectivity index (χ4v) is 2.80. The van der Waals surface area contributed by atoms with Crippen molar-refractivity contribution >= 4 is 17.6 Å². The van der Waals surface area contributed by atoms with E-state index in [2.05, 4.69) is 32.0 Å². The Morgan fingerprint density at radius 2 is 2.00 bits per heavy atom. The third kappa shape index (κ3) is 4.08. The zero-order valence-corrected chi connectivity index (χ0v) is 11.9. The topological polar surface area (TPSA) is 49.9 Å². The van der Waals surface area contributed by atoms with E-state index in [-0.39, 0.29) is 11.3 Å². The van der Waals surface area contributed by atoms with Gasteiger partial charge in [-0.3, -0.25) is 5.41 Å². The molecular formula is C14H22N2S. The molecule has 0 radical (unpaired) electrons. The van der Waals surface area contributed by atoms with E-state index in [1.54, 1.807) is 0 Å². The molecule has 3 heteroatoms. The van der Waals surface area contributed by atoms with Gasteiger partial charge in [0.25, 0.3) is 0 Å². The Bertz CT molecular complexity index is 411. The minimum absolute atomic E-state index is 0.189. The summed E-state index contributed by atoms with van der Waals surface area (Å²) in [5.41, 5.74) is 8.02. The Balaban J connectivity index is 2.54. The predicted octanol–water partition coefficient (Wildman–Crippen LogP) is 3.75. The maximum Gasteiger partial charge on any atom is 0.0963 e. The summed E-state index contributed by atoms with van der Waals surface area (Å²) < 4.78 is 0. The first kappa shape index (κ1) is 14.1. The highest BCUT2D eigenvalue weighted by molar-refractivity contribution is 7.99. The van der Waals surface area contributed by atoms with Crippen molar-refractivity contribution in [3.05, 3.63) is 29.3 Å². The summed E-state index contributed by atoms with van der Waals surface area (Å²) in [5.74, 6) is 1.27. The number of rotatable bonds is 5. The molecule has 3 N–H and O–H groups in total. The van der Waals surface area contributed by atoms with Crippen molar-refractivity contribution in [1.29, 1.82) is 5.41 Å². The molecule has 1 aromatic carbocycles. The molecule has 0 saturated carbocycles. The smallest absolute Gasteiger partial charge is 0.0963 e. The van der Waals surface area contributed by atoms with Gasteiger partial charge in [-0.2, -0.15) is 0 Å². The number of hydrogen-bond donors (Lipinski definition) is 2. The van der Waals surface area contributed by atoms with Crippen molar-refractivity contribution in [2.24, 2.45) is 11.1 Å². The normalized spacial score (nSPS) is 11.5. The van der Waals surface area contributed by atoms with Gasteiger partial charge < -0.3 is 5.73 Å². The number of nitrogens with two attached hydrogens (primary N) is 1. The van der Waals surface area contributed by atoms with Crippen molar-refractivity contribution < 1.29 is 0 Å². The van der Waals surface area contributed by atoms with E-state index in [4.69, 9.17) is 11.1 Å². The van der Waals surface area contributed by atoms with Gasteiger partial charge in [-0.1, -0.05) is 31.5 Å². The standard InChI is InChI=1S/C14H22N2S/c1-10-5-6-12(11(2)9-10)17-8-7-14(3,4)13(15)16/h5-6,9H,7-8H2,1-4H3,(H3,15,16). The van der Waals surface area contributed by atoms with Crippen LogP contribution in [0.1, 0.15) is 31.4 Å². The molecule has 1 aromatic rings. The van der Waals surface area contributed by atoms with Crippen LogP contribution < -0.4 is 5.73 Å². The van der Waals surface area contributed by atoms with Crippen LogP contribution in [-0.2, 0) is 0 Å². The summed E-state index contributed by atoms with van der Waals surface area (Å²) in [5, 5.41) is 7.52. The first-order valence-electron chi connectivity index (χ1n) is 5.87. The fourth-order valence-electron chi connectivity index (χ4n) is 1.51. The molecule has 0 aliphatic heterocycles. The third-order valence-corrected chi connectivity index (χ3v) is 4.22. The number of aryl methyl sites for hydroxylation is 2. The number of hydrogen-bond acceptors (Lipinski definition) is 2. The van der Waals surface area contributed by atoms with Crippen molar-refractivity contribution in [2.45, 2.75) is 39.0 Å². The number of amidine groups is 1. The van der Waals surface area contributed by atoms with Gasteiger partial charge in [0.15, 0.2) is 0 Å². The largest absolute Gasteiger partial charge is 0.387 e. The van der Waals surface area contributed by atoms with Crippen molar-refractivity contribution in [2.75, 3.05) is 5.75 Å². The highest BCUT2D eigenvalue weighted by atomic mass is 32.2. The molecule has 0 bridgehead atoms. The molecule has 17 heavy (non-hydrogen) atoms. The molecule has 2 nitrogen and oxygen atoms in total. The summed E-state index contributed by atoms with van der Waals surface area (Å²) >= 11 is 1.85. The second-order valence-corrected chi connectivity index (χ2v) is 6.30. The van der Waals surface area contributed by atoms with Gasteiger partial charge in [-0.15, -0.1) is 11.8 Å². The maximum atomic E-state index is 7.52. The molecule has 94 valence electrons. The number of benzene rings is 1. The lowest BCUT2D eigenvalue weighted by Crippen LogP contribution is -2.31. The monoisotopic (exact) mass is 250 g/mol. The lowest BCUT2D eigenvalue weighted by molar-refractivity contribution is 0.500. The first-order chi connectivity index (χ1) is 7.83. The van der Waals surface area contributed by atoms with Gasteiger partial charge in [-0.25, -0.2) is 0 Å². The summed E-state index contributed by atoms with van der Waals surface area (Å²) in [6, 6.07) is 6.53. The fraction of sp³-hybridized carbons (Fsp3) is 0.500. The van der Waals surface area contributed by atoms with Crippen molar-refractivity contribution in [1.82, 2.24) is 0 Å². The van der Waals surface area contributed by atoms with Crippen LogP contribution in [0.15, 0.2) is 23.1 Å². The molecule has 0 amide bonds. The second-order valence-electron chi connectivity index (χ2n) is 5.16. The zero-order chi connectivity index (χ0) is 13.1. The van der Waals surface area contributed by atoms with Crippen LogP contribution in [0.2, 0.25) is 0 Å². The minimum atomic E-state index is -0.189. The van der Waals surface area contributed by atoms with Crippen LogP contribution in [0, 0.1) is 24.7 Å².